The predicted molar refractivity (Wildman–Crippen MR) is 81.3 cm³/mol. The molecule has 0 fully saturated rings. The van der Waals surface area contributed by atoms with E-state index in [0.717, 1.165) is 41.9 Å². The Morgan fingerprint density at radius 1 is 1.35 bits per heavy atom. The number of nitrogens with one attached hydrogen (secondary N) is 1. The van der Waals surface area contributed by atoms with Crippen LogP contribution in [-0.4, -0.2) is 14.6 Å². The number of nitrogens with two attached hydrogens (primary N) is 1. The first-order chi connectivity index (χ1) is 9.78. The van der Waals surface area contributed by atoms with E-state index in [0.29, 0.717) is 0 Å². The summed E-state index contributed by atoms with van der Waals surface area (Å²) < 4.78 is 4.05. The van der Waals surface area contributed by atoms with Gasteiger partial charge in [0.15, 0.2) is 0 Å². The maximum absolute atomic E-state index is 5.71. The summed E-state index contributed by atoms with van der Waals surface area (Å²) in [5.74, 6) is 5.71. The standard InChI is InChI=1S/C14H21N5S/c1-3-5-12-14(20-19-18-12)13(17-15)8-11-7-6-10(4-2)9-16-11/h6-7,9,13,17H,3-5,8,15H2,1-2H3. The zero-order valence-electron chi connectivity index (χ0n) is 12.0. The molecule has 0 saturated carbocycles. The van der Waals surface area contributed by atoms with Crippen LogP contribution in [0.25, 0.3) is 0 Å². The molecular weight excluding hydrogens is 270 g/mol. The zero-order chi connectivity index (χ0) is 14.4. The van der Waals surface area contributed by atoms with Crippen molar-refractivity contribution < 1.29 is 0 Å². The van der Waals surface area contributed by atoms with Crippen LogP contribution in [0, 0.1) is 0 Å². The van der Waals surface area contributed by atoms with Gasteiger partial charge in [0.05, 0.1) is 16.6 Å². The quantitative estimate of drug-likeness (QED) is 0.604. The molecule has 2 rings (SSSR count). The fourth-order valence-corrected chi connectivity index (χ4v) is 2.87. The van der Waals surface area contributed by atoms with E-state index in [2.05, 4.69) is 46.0 Å². The number of hydrazine groups is 1. The van der Waals surface area contributed by atoms with E-state index in [1.807, 2.05) is 6.20 Å². The molecular formula is C14H21N5S. The summed E-state index contributed by atoms with van der Waals surface area (Å²) in [6, 6.07) is 4.21. The van der Waals surface area contributed by atoms with E-state index in [9.17, 15) is 0 Å². The van der Waals surface area contributed by atoms with Crippen LogP contribution in [0.3, 0.4) is 0 Å². The van der Waals surface area contributed by atoms with Crippen molar-refractivity contribution in [1.82, 2.24) is 20.0 Å². The minimum atomic E-state index is 0.0246. The highest BCUT2D eigenvalue weighted by atomic mass is 32.1. The van der Waals surface area contributed by atoms with Crippen molar-refractivity contribution in [2.75, 3.05) is 0 Å². The van der Waals surface area contributed by atoms with Crippen LogP contribution in [0.1, 0.15) is 48.1 Å². The molecule has 0 bridgehead atoms. The topological polar surface area (TPSA) is 76.7 Å². The first-order valence-electron chi connectivity index (χ1n) is 6.99. The lowest BCUT2D eigenvalue weighted by Gasteiger charge is -2.14. The van der Waals surface area contributed by atoms with Crippen LogP contribution in [-0.2, 0) is 19.3 Å². The second-order valence-corrected chi connectivity index (χ2v) is 5.55. The van der Waals surface area contributed by atoms with E-state index in [4.69, 9.17) is 5.84 Å². The zero-order valence-corrected chi connectivity index (χ0v) is 12.8. The highest BCUT2D eigenvalue weighted by Crippen LogP contribution is 2.24. The summed E-state index contributed by atoms with van der Waals surface area (Å²) in [4.78, 5) is 5.61. The van der Waals surface area contributed by atoms with Crippen molar-refractivity contribution in [1.29, 1.82) is 0 Å². The summed E-state index contributed by atoms with van der Waals surface area (Å²) in [7, 11) is 0. The third kappa shape index (κ3) is 3.59. The van der Waals surface area contributed by atoms with Crippen molar-refractivity contribution in [2.45, 2.75) is 45.6 Å². The van der Waals surface area contributed by atoms with Gasteiger partial charge >= 0.3 is 0 Å². The number of hydrogen-bond donors (Lipinski definition) is 2. The molecule has 0 amide bonds. The lowest BCUT2D eigenvalue weighted by molar-refractivity contribution is 0.548. The molecule has 0 aliphatic carbocycles. The number of aryl methyl sites for hydroxylation is 2. The molecule has 2 heterocycles. The molecule has 0 aliphatic heterocycles. The number of pyridine rings is 1. The Morgan fingerprint density at radius 2 is 2.20 bits per heavy atom. The summed E-state index contributed by atoms with van der Waals surface area (Å²) in [5.41, 5.74) is 6.19. The molecule has 2 aromatic heterocycles. The number of nitrogens with zero attached hydrogens (tertiary/aromatic N) is 3. The highest BCUT2D eigenvalue weighted by molar-refractivity contribution is 7.05. The molecule has 0 radical (unpaired) electrons. The number of aromatic nitrogens is 3. The van der Waals surface area contributed by atoms with E-state index in [1.54, 1.807) is 0 Å². The third-order valence-electron chi connectivity index (χ3n) is 3.30. The molecule has 108 valence electrons. The van der Waals surface area contributed by atoms with Crippen LogP contribution < -0.4 is 11.3 Å². The van der Waals surface area contributed by atoms with Crippen molar-refractivity contribution in [2.24, 2.45) is 5.84 Å². The van der Waals surface area contributed by atoms with Gasteiger partial charge in [-0.15, -0.1) is 5.10 Å². The second-order valence-electron chi connectivity index (χ2n) is 4.77. The van der Waals surface area contributed by atoms with Gasteiger partial charge in [-0.3, -0.25) is 16.3 Å². The van der Waals surface area contributed by atoms with Gasteiger partial charge in [0.1, 0.15) is 0 Å². The Hall–Kier alpha value is -1.37. The van der Waals surface area contributed by atoms with Gasteiger partial charge in [-0.2, -0.15) is 0 Å². The van der Waals surface area contributed by atoms with Crippen molar-refractivity contribution in [3.63, 3.8) is 0 Å². The summed E-state index contributed by atoms with van der Waals surface area (Å²) in [6.45, 7) is 4.26. The molecule has 1 unspecified atom stereocenters. The molecule has 3 N–H and O–H groups in total. The van der Waals surface area contributed by atoms with E-state index in [1.165, 1.54) is 17.1 Å². The van der Waals surface area contributed by atoms with Crippen LogP contribution in [0.2, 0.25) is 0 Å². The fraction of sp³-hybridized carbons (Fsp3) is 0.500. The van der Waals surface area contributed by atoms with Crippen LogP contribution in [0.15, 0.2) is 18.3 Å². The number of rotatable bonds is 7. The average molecular weight is 291 g/mol. The lowest BCUT2D eigenvalue weighted by Crippen LogP contribution is -2.30. The molecule has 6 heteroatoms. The van der Waals surface area contributed by atoms with Crippen LogP contribution in [0.4, 0.5) is 0 Å². The molecule has 2 aromatic rings. The Bertz CT molecular complexity index is 523. The second kappa shape index (κ2) is 7.42. The predicted octanol–water partition coefficient (Wildman–Crippen LogP) is 2.20. The first kappa shape index (κ1) is 15.0. The molecule has 0 spiro atoms. The van der Waals surface area contributed by atoms with Crippen molar-refractivity contribution in [3.8, 4) is 0 Å². The van der Waals surface area contributed by atoms with Crippen LogP contribution in [0.5, 0.6) is 0 Å². The van der Waals surface area contributed by atoms with Gasteiger partial charge in [0.25, 0.3) is 0 Å². The van der Waals surface area contributed by atoms with Crippen LogP contribution >= 0.6 is 11.5 Å². The minimum absolute atomic E-state index is 0.0246. The fourth-order valence-electron chi connectivity index (χ4n) is 2.11. The minimum Gasteiger partial charge on any atom is -0.271 e. The summed E-state index contributed by atoms with van der Waals surface area (Å²) in [5, 5.41) is 4.20. The molecule has 0 aromatic carbocycles. The SMILES string of the molecule is CCCc1nnsc1C(Cc1ccc(CC)cn1)NN. The number of hydrogen-bond acceptors (Lipinski definition) is 6. The summed E-state index contributed by atoms with van der Waals surface area (Å²) in [6.07, 6.45) is 5.68. The van der Waals surface area contributed by atoms with E-state index < -0.39 is 0 Å². The molecule has 1 atom stereocenters. The molecule has 5 nitrogen and oxygen atoms in total. The van der Waals surface area contributed by atoms with Crippen molar-refractivity contribution >= 4 is 11.5 Å². The monoisotopic (exact) mass is 291 g/mol. The maximum Gasteiger partial charge on any atom is 0.0804 e. The Labute approximate surface area is 123 Å². The average Bonchev–Trinajstić information content (AvgIpc) is 2.94. The maximum atomic E-state index is 5.71. The van der Waals surface area contributed by atoms with Gasteiger partial charge in [0.2, 0.25) is 0 Å². The normalized spacial score (nSPS) is 12.6. The Kier molecular flexibility index (Phi) is 5.58. The smallest absolute Gasteiger partial charge is 0.0804 e. The molecule has 0 saturated heterocycles. The lowest BCUT2D eigenvalue weighted by atomic mass is 10.1. The Morgan fingerprint density at radius 3 is 2.80 bits per heavy atom. The summed E-state index contributed by atoms with van der Waals surface area (Å²) >= 11 is 1.42. The molecule has 20 heavy (non-hydrogen) atoms. The van der Waals surface area contributed by atoms with Gasteiger partial charge < -0.3 is 0 Å². The van der Waals surface area contributed by atoms with Gasteiger partial charge in [-0.1, -0.05) is 30.8 Å². The van der Waals surface area contributed by atoms with Gasteiger partial charge in [-0.05, 0) is 36.0 Å². The van der Waals surface area contributed by atoms with E-state index in [-0.39, 0.29) is 6.04 Å². The van der Waals surface area contributed by atoms with Crippen molar-refractivity contribution in [3.05, 3.63) is 40.2 Å². The van der Waals surface area contributed by atoms with Gasteiger partial charge in [-0.25, -0.2) is 0 Å². The first-order valence-corrected chi connectivity index (χ1v) is 7.76. The molecule has 0 aliphatic rings. The Balaban J connectivity index is 2.13. The highest BCUT2D eigenvalue weighted by Gasteiger charge is 2.18. The van der Waals surface area contributed by atoms with E-state index >= 15 is 0 Å². The largest absolute Gasteiger partial charge is 0.271 e. The third-order valence-corrected chi connectivity index (χ3v) is 4.18. The van der Waals surface area contributed by atoms with Gasteiger partial charge in [0, 0.05) is 18.3 Å².